The number of nitrogens with zero attached hydrogens (tertiary/aromatic N) is 3. The lowest BCUT2D eigenvalue weighted by Crippen LogP contribution is -2.53. The van der Waals surface area contributed by atoms with Crippen molar-refractivity contribution in [2.75, 3.05) is 57.0 Å². The van der Waals surface area contributed by atoms with Crippen molar-refractivity contribution >= 4 is 21.7 Å². The fraction of sp³-hybridized carbons (Fsp3) is 0.632. The van der Waals surface area contributed by atoms with Gasteiger partial charge in [-0.2, -0.15) is 0 Å². The number of guanidine groups is 1. The van der Waals surface area contributed by atoms with E-state index in [4.69, 9.17) is 0 Å². The maximum atomic E-state index is 12.1. The van der Waals surface area contributed by atoms with Crippen molar-refractivity contribution in [1.82, 2.24) is 14.9 Å². The van der Waals surface area contributed by atoms with E-state index >= 15 is 0 Å². The molecular formula is C19H31N5O2S. The van der Waals surface area contributed by atoms with E-state index in [0.29, 0.717) is 19.0 Å². The van der Waals surface area contributed by atoms with Crippen molar-refractivity contribution in [2.24, 2.45) is 10.9 Å². The Labute approximate surface area is 162 Å². The summed E-state index contributed by atoms with van der Waals surface area (Å²) >= 11 is 0. The lowest BCUT2D eigenvalue weighted by atomic mass is 9.86. The second-order valence-electron chi connectivity index (χ2n) is 7.25. The third kappa shape index (κ3) is 5.84. The molecule has 0 radical (unpaired) electrons. The first-order valence-electron chi connectivity index (χ1n) is 9.80. The Balaban J connectivity index is 1.40. The van der Waals surface area contributed by atoms with Crippen LogP contribution < -0.4 is 14.9 Å². The zero-order valence-corrected chi connectivity index (χ0v) is 16.9. The molecule has 1 saturated carbocycles. The van der Waals surface area contributed by atoms with Gasteiger partial charge in [-0.15, -0.1) is 0 Å². The molecule has 3 rings (SSSR count). The highest BCUT2D eigenvalue weighted by atomic mass is 32.2. The minimum atomic E-state index is -3.23. The lowest BCUT2D eigenvalue weighted by Gasteiger charge is -2.37. The molecule has 2 fully saturated rings. The number of sulfonamides is 1. The van der Waals surface area contributed by atoms with Gasteiger partial charge in [-0.3, -0.25) is 4.99 Å². The number of rotatable bonds is 7. The predicted octanol–water partition coefficient (Wildman–Crippen LogP) is 1.10. The summed E-state index contributed by atoms with van der Waals surface area (Å²) in [4.78, 5) is 8.87. The maximum absolute atomic E-state index is 12.1. The second-order valence-corrected chi connectivity index (χ2v) is 9.17. The van der Waals surface area contributed by atoms with Crippen LogP contribution in [0.2, 0.25) is 0 Å². The van der Waals surface area contributed by atoms with Crippen molar-refractivity contribution in [3.05, 3.63) is 30.3 Å². The number of nitrogens with one attached hydrogen (secondary N) is 2. The number of hydrogen-bond acceptors (Lipinski definition) is 4. The fourth-order valence-electron chi connectivity index (χ4n) is 3.46. The van der Waals surface area contributed by atoms with E-state index in [1.807, 2.05) is 6.07 Å². The molecule has 0 spiro atoms. The molecule has 1 saturated heterocycles. The van der Waals surface area contributed by atoms with E-state index in [2.05, 4.69) is 49.1 Å². The average Bonchev–Trinajstić information content (AvgIpc) is 2.65. The maximum Gasteiger partial charge on any atom is 0.213 e. The standard InChI is InChI=1S/C19H31N5O2S/c1-20-19(21-10-15-27(25,26)22-16-17-6-5-7-17)24-13-11-23(12-14-24)18-8-3-2-4-9-18/h2-4,8-9,17,22H,5-7,10-16H2,1H3,(H,20,21). The Kier molecular flexibility index (Phi) is 6.95. The van der Waals surface area contributed by atoms with Gasteiger partial charge < -0.3 is 15.1 Å². The van der Waals surface area contributed by atoms with Crippen molar-refractivity contribution in [2.45, 2.75) is 19.3 Å². The number of anilines is 1. The summed E-state index contributed by atoms with van der Waals surface area (Å²) in [5.74, 6) is 1.38. The summed E-state index contributed by atoms with van der Waals surface area (Å²) in [6.45, 7) is 4.52. The Morgan fingerprint density at radius 2 is 1.85 bits per heavy atom. The van der Waals surface area contributed by atoms with Gasteiger partial charge in [0.05, 0.1) is 5.75 Å². The summed E-state index contributed by atoms with van der Waals surface area (Å²) in [7, 11) is -1.48. The molecule has 150 valence electrons. The highest BCUT2D eigenvalue weighted by molar-refractivity contribution is 7.89. The van der Waals surface area contributed by atoms with Crippen LogP contribution in [-0.4, -0.2) is 71.3 Å². The molecule has 7 nitrogen and oxygen atoms in total. The highest BCUT2D eigenvalue weighted by Crippen LogP contribution is 2.25. The highest BCUT2D eigenvalue weighted by Gasteiger charge is 2.22. The zero-order valence-electron chi connectivity index (χ0n) is 16.1. The van der Waals surface area contributed by atoms with Crippen LogP contribution in [0.3, 0.4) is 0 Å². The molecule has 0 amide bonds. The van der Waals surface area contributed by atoms with Gasteiger partial charge >= 0.3 is 0 Å². The van der Waals surface area contributed by atoms with E-state index in [1.54, 1.807) is 7.05 Å². The fourth-order valence-corrected chi connectivity index (χ4v) is 4.46. The van der Waals surface area contributed by atoms with Crippen molar-refractivity contribution in [3.63, 3.8) is 0 Å². The van der Waals surface area contributed by atoms with E-state index in [1.165, 1.54) is 12.1 Å². The number of aliphatic imine (C=N–C) groups is 1. The molecule has 1 aliphatic heterocycles. The Morgan fingerprint density at radius 3 is 2.44 bits per heavy atom. The molecule has 0 unspecified atom stereocenters. The van der Waals surface area contributed by atoms with Gasteiger partial charge in [0.15, 0.2) is 5.96 Å². The van der Waals surface area contributed by atoms with Crippen LogP contribution in [0.4, 0.5) is 5.69 Å². The molecule has 1 heterocycles. The molecular weight excluding hydrogens is 362 g/mol. The van der Waals surface area contributed by atoms with E-state index in [0.717, 1.165) is 45.0 Å². The van der Waals surface area contributed by atoms with Crippen molar-refractivity contribution < 1.29 is 8.42 Å². The predicted molar refractivity (Wildman–Crippen MR) is 111 cm³/mol. The monoisotopic (exact) mass is 393 g/mol. The number of benzene rings is 1. The van der Waals surface area contributed by atoms with Crippen LogP contribution in [0.15, 0.2) is 35.3 Å². The summed E-state index contributed by atoms with van der Waals surface area (Å²) in [5, 5.41) is 3.20. The van der Waals surface area contributed by atoms with Crippen LogP contribution in [0.5, 0.6) is 0 Å². The largest absolute Gasteiger partial charge is 0.368 e. The smallest absolute Gasteiger partial charge is 0.213 e. The first-order valence-corrected chi connectivity index (χ1v) is 11.5. The molecule has 2 N–H and O–H groups in total. The first kappa shape index (κ1) is 19.9. The Bertz CT molecular complexity index is 711. The van der Waals surface area contributed by atoms with Gasteiger partial charge in [0.2, 0.25) is 10.0 Å². The lowest BCUT2D eigenvalue weighted by molar-refractivity contribution is 0.316. The molecule has 2 aliphatic rings. The molecule has 0 bridgehead atoms. The second kappa shape index (κ2) is 9.41. The van der Waals surface area contributed by atoms with Crippen LogP contribution in [-0.2, 0) is 10.0 Å². The Hall–Kier alpha value is -1.80. The number of hydrogen-bond donors (Lipinski definition) is 2. The van der Waals surface area contributed by atoms with Crippen LogP contribution >= 0.6 is 0 Å². The molecule has 1 aromatic rings. The van der Waals surface area contributed by atoms with Gasteiger partial charge in [0.25, 0.3) is 0 Å². The van der Waals surface area contributed by atoms with E-state index in [-0.39, 0.29) is 5.75 Å². The SMILES string of the molecule is CN=C(NCCS(=O)(=O)NCC1CCC1)N1CCN(c2ccccc2)CC1. The van der Waals surface area contributed by atoms with Gasteiger partial charge in [-0.25, -0.2) is 13.1 Å². The summed E-state index contributed by atoms with van der Waals surface area (Å²) in [6, 6.07) is 10.4. The van der Waals surface area contributed by atoms with Gasteiger partial charge in [0, 0.05) is 52.0 Å². The zero-order chi connectivity index (χ0) is 19.1. The van der Waals surface area contributed by atoms with Crippen LogP contribution in [0.25, 0.3) is 0 Å². The normalized spacial score (nSPS) is 19.1. The third-order valence-corrected chi connectivity index (χ3v) is 6.73. The first-order chi connectivity index (χ1) is 13.1. The molecule has 1 aromatic carbocycles. The van der Waals surface area contributed by atoms with E-state index < -0.39 is 10.0 Å². The van der Waals surface area contributed by atoms with Gasteiger partial charge in [0.1, 0.15) is 0 Å². The summed E-state index contributed by atoms with van der Waals surface area (Å²) in [6.07, 6.45) is 3.51. The third-order valence-electron chi connectivity index (χ3n) is 5.38. The summed E-state index contributed by atoms with van der Waals surface area (Å²) < 4.78 is 26.9. The molecule has 0 atom stereocenters. The molecule has 1 aliphatic carbocycles. The number of para-hydroxylation sites is 1. The average molecular weight is 394 g/mol. The molecule has 8 heteroatoms. The van der Waals surface area contributed by atoms with Crippen LogP contribution in [0.1, 0.15) is 19.3 Å². The minimum Gasteiger partial charge on any atom is -0.368 e. The Morgan fingerprint density at radius 1 is 1.15 bits per heavy atom. The van der Waals surface area contributed by atoms with Gasteiger partial charge in [-0.1, -0.05) is 24.6 Å². The van der Waals surface area contributed by atoms with Crippen molar-refractivity contribution in [3.8, 4) is 0 Å². The topological polar surface area (TPSA) is 77.0 Å². The van der Waals surface area contributed by atoms with Crippen molar-refractivity contribution in [1.29, 1.82) is 0 Å². The molecule has 0 aromatic heterocycles. The summed E-state index contributed by atoms with van der Waals surface area (Å²) in [5.41, 5.74) is 1.24. The van der Waals surface area contributed by atoms with Gasteiger partial charge in [-0.05, 0) is 30.9 Å². The quantitative estimate of drug-likeness (QED) is 0.536. The number of piperazine rings is 1. The molecule has 27 heavy (non-hydrogen) atoms. The minimum absolute atomic E-state index is 0.0721. The van der Waals surface area contributed by atoms with Crippen LogP contribution in [0, 0.1) is 5.92 Å². The van der Waals surface area contributed by atoms with E-state index in [9.17, 15) is 8.42 Å².